The molecule has 0 spiro atoms. The van der Waals surface area contributed by atoms with Gasteiger partial charge >= 0.3 is 0 Å². The highest BCUT2D eigenvalue weighted by Crippen LogP contribution is 2.38. The van der Waals surface area contributed by atoms with Gasteiger partial charge in [0.2, 0.25) is 17.6 Å². The molecular formula is C22H22N6O4. The summed E-state index contributed by atoms with van der Waals surface area (Å²) in [7, 11) is 0. The fraction of sp³-hybridized carbons (Fsp3) is 0.318. The van der Waals surface area contributed by atoms with Crippen molar-refractivity contribution in [1.29, 1.82) is 0 Å². The largest absolute Gasteiger partial charge is 0.486 e. The number of amides is 2. The average molecular weight is 434 g/mol. The summed E-state index contributed by atoms with van der Waals surface area (Å²) in [5, 5.41) is 12.4. The molecule has 0 aliphatic carbocycles. The van der Waals surface area contributed by atoms with Crippen LogP contribution in [0.5, 0.6) is 11.5 Å². The highest BCUT2D eigenvalue weighted by molar-refractivity contribution is 5.93. The molecule has 2 aliphatic heterocycles. The molecule has 2 aliphatic rings. The van der Waals surface area contributed by atoms with Crippen LogP contribution < -0.4 is 15.2 Å². The third kappa shape index (κ3) is 3.86. The molecule has 1 fully saturated rings. The Bertz CT molecular complexity index is 1160. The number of ether oxygens (including phenoxy) is 2. The van der Waals surface area contributed by atoms with Crippen molar-refractivity contribution in [3.63, 3.8) is 0 Å². The maximum atomic E-state index is 13.0. The molecular weight excluding hydrogens is 412 g/mol. The standard InChI is InChI=1S/C22H22N6O4/c23-21(30)14-3-5-15(6-4-14)22-24-26-28(25-22)13-20(29)27-9-1-2-17(27)16-7-8-18-19(12-16)32-11-10-31-18/h3-8,12,17H,1-2,9-11,13H2,(H2,23,30)/t17-/m1/s1. The molecule has 1 atom stereocenters. The Balaban J connectivity index is 1.29. The molecule has 3 aromatic rings. The number of aromatic nitrogens is 4. The van der Waals surface area contributed by atoms with Crippen LogP contribution in [-0.2, 0) is 11.3 Å². The third-order valence-corrected chi connectivity index (χ3v) is 5.68. The highest BCUT2D eigenvalue weighted by atomic mass is 16.6. The first kappa shape index (κ1) is 20.0. The summed E-state index contributed by atoms with van der Waals surface area (Å²) in [5.74, 6) is 1.25. The third-order valence-electron chi connectivity index (χ3n) is 5.68. The van der Waals surface area contributed by atoms with Crippen LogP contribution in [0.2, 0.25) is 0 Å². The van der Waals surface area contributed by atoms with Gasteiger partial charge in [-0.25, -0.2) is 0 Å². The number of benzene rings is 2. The van der Waals surface area contributed by atoms with E-state index in [0.29, 0.717) is 36.7 Å². The zero-order chi connectivity index (χ0) is 22.1. The molecule has 10 nitrogen and oxygen atoms in total. The topological polar surface area (TPSA) is 125 Å². The van der Waals surface area contributed by atoms with E-state index in [1.807, 2.05) is 23.1 Å². The molecule has 2 amide bonds. The van der Waals surface area contributed by atoms with Crippen LogP contribution >= 0.6 is 0 Å². The van der Waals surface area contributed by atoms with Gasteiger partial charge in [-0.3, -0.25) is 9.59 Å². The number of hydrogen-bond donors (Lipinski definition) is 1. The summed E-state index contributed by atoms with van der Waals surface area (Å²) >= 11 is 0. The highest BCUT2D eigenvalue weighted by Gasteiger charge is 2.31. The number of likely N-dealkylation sites (tertiary alicyclic amines) is 1. The van der Waals surface area contributed by atoms with Crippen LogP contribution in [0.25, 0.3) is 11.4 Å². The molecule has 5 rings (SSSR count). The van der Waals surface area contributed by atoms with E-state index in [1.54, 1.807) is 24.3 Å². The predicted octanol–water partition coefficient (Wildman–Crippen LogP) is 1.57. The summed E-state index contributed by atoms with van der Waals surface area (Å²) in [6.45, 7) is 1.74. The zero-order valence-corrected chi connectivity index (χ0v) is 17.3. The van der Waals surface area contributed by atoms with Gasteiger partial charge in [0.05, 0.1) is 6.04 Å². The first-order valence-electron chi connectivity index (χ1n) is 10.5. The van der Waals surface area contributed by atoms with Crippen molar-refractivity contribution in [1.82, 2.24) is 25.1 Å². The smallest absolute Gasteiger partial charge is 0.248 e. The normalized spacial score (nSPS) is 17.4. The summed E-state index contributed by atoms with van der Waals surface area (Å²) in [6, 6.07) is 12.4. The number of primary amides is 1. The van der Waals surface area contributed by atoms with E-state index in [2.05, 4.69) is 15.4 Å². The summed E-state index contributed by atoms with van der Waals surface area (Å²) in [4.78, 5) is 27.4. The van der Waals surface area contributed by atoms with Crippen molar-refractivity contribution in [2.24, 2.45) is 5.73 Å². The van der Waals surface area contributed by atoms with E-state index in [0.717, 1.165) is 29.9 Å². The Labute approximate surface area is 183 Å². The van der Waals surface area contributed by atoms with Crippen LogP contribution in [0.1, 0.15) is 34.8 Å². The van der Waals surface area contributed by atoms with E-state index >= 15 is 0 Å². The van der Waals surface area contributed by atoms with Gasteiger partial charge in [-0.05, 0) is 47.9 Å². The first-order chi connectivity index (χ1) is 15.6. The van der Waals surface area contributed by atoms with Crippen molar-refractivity contribution in [3.8, 4) is 22.9 Å². The lowest BCUT2D eigenvalue weighted by molar-refractivity contribution is -0.133. The molecule has 2 N–H and O–H groups in total. The molecule has 0 bridgehead atoms. The maximum Gasteiger partial charge on any atom is 0.248 e. The summed E-state index contributed by atoms with van der Waals surface area (Å²) in [5.41, 5.74) is 7.38. The summed E-state index contributed by atoms with van der Waals surface area (Å²) in [6.07, 6.45) is 1.81. The quantitative estimate of drug-likeness (QED) is 0.646. The Morgan fingerprint density at radius 3 is 2.62 bits per heavy atom. The molecule has 1 saturated heterocycles. The van der Waals surface area contributed by atoms with Gasteiger partial charge in [-0.2, -0.15) is 4.80 Å². The Kier molecular flexibility index (Phi) is 5.18. The van der Waals surface area contributed by atoms with Crippen LogP contribution in [0, 0.1) is 0 Å². The van der Waals surface area contributed by atoms with Crippen molar-refractivity contribution in [3.05, 3.63) is 53.6 Å². The second-order valence-corrected chi connectivity index (χ2v) is 7.73. The van der Waals surface area contributed by atoms with Crippen LogP contribution in [0.15, 0.2) is 42.5 Å². The van der Waals surface area contributed by atoms with Gasteiger partial charge in [0, 0.05) is 17.7 Å². The maximum absolute atomic E-state index is 13.0. The van der Waals surface area contributed by atoms with Gasteiger partial charge in [0.25, 0.3) is 0 Å². The minimum atomic E-state index is -0.503. The van der Waals surface area contributed by atoms with Crippen LogP contribution in [-0.4, -0.2) is 56.7 Å². The Morgan fingerprint density at radius 2 is 1.84 bits per heavy atom. The fourth-order valence-corrected chi connectivity index (χ4v) is 4.10. The number of carbonyl (C=O) groups is 2. The predicted molar refractivity (Wildman–Crippen MR) is 113 cm³/mol. The van der Waals surface area contributed by atoms with Gasteiger partial charge in [-0.1, -0.05) is 18.2 Å². The van der Waals surface area contributed by atoms with Crippen molar-refractivity contribution < 1.29 is 19.1 Å². The molecule has 32 heavy (non-hydrogen) atoms. The number of hydrogen-bond acceptors (Lipinski definition) is 7. The lowest BCUT2D eigenvalue weighted by Crippen LogP contribution is -2.34. The minimum absolute atomic E-state index is 0.00653. The number of nitrogens with two attached hydrogens (primary N) is 1. The Morgan fingerprint density at radius 1 is 1.06 bits per heavy atom. The van der Waals surface area contributed by atoms with Gasteiger partial charge in [-0.15, -0.1) is 10.2 Å². The van der Waals surface area contributed by atoms with Crippen molar-refractivity contribution >= 4 is 11.8 Å². The average Bonchev–Trinajstić information content (AvgIpc) is 3.49. The van der Waals surface area contributed by atoms with Crippen molar-refractivity contribution in [2.75, 3.05) is 19.8 Å². The number of rotatable bonds is 5. The van der Waals surface area contributed by atoms with E-state index in [9.17, 15) is 9.59 Å². The van der Waals surface area contributed by atoms with Crippen LogP contribution in [0.3, 0.4) is 0 Å². The monoisotopic (exact) mass is 434 g/mol. The van der Waals surface area contributed by atoms with E-state index in [1.165, 1.54) is 4.80 Å². The van der Waals surface area contributed by atoms with Gasteiger partial charge in [0.1, 0.15) is 19.8 Å². The lowest BCUT2D eigenvalue weighted by Gasteiger charge is -2.26. The molecule has 3 heterocycles. The molecule has 0 unspecified atom stereocenters. The number of carbonyl (C=O) groups excluding carboxylic acids is 2. The fourth-order valence-electron chi connectivity index (χ4n) is 4.10. The second-order valence-electron chi connectivity index (χ2n) is 7.73. The first-order valence-corrected chi connectivity index (χ1v) is 10.5. The van der Waals surface area contributed by atoms with E-state index in [-0.39, 0.29) is 18.5 Å². The number of nitrogens with zero attached hydrogens (tertiary/aromatic N) is 5. The number of fused-ring (bicyclic) bond motifs is 1. The SMILES string of the molecule is NC(=O)c1ccc(-c2nnn(CC(=O)N3CCC[C@@H]3c3ccc4c(c3)OCCO4)n2)cc1. The number of tetrazole rings is 1. The van der Waals surface area contributed by atoms with E-state index < -0.39 is 5.91 Å². The van der Waals surface area contributed by atoms with E-state index in [4.69, 9.17) is 15.2 Å². The molecule has 10 heteroatoms. The summed E-state index contributed by atoms with van der Waals surface area (Å²) < 4.78 is 11.3. The lowest BCUT2D eigenvalue weighted by atomic mass is 10.0. The second kappa shape index (κ2) is 8.29. The van der Waals surface area contributed by atoms with Crippen LogP contribution in [0.4, 0.5) is 0 Å². The van der Waals surface area contributed by atoms with Gasteiger partial charge in [0.15, 0.2) is 11.5 Å². The molecule has 1 aromatic heterocycles. The molecule has 0 radical (unpaired) electrons. The molecule has 164 valence electrons. The van der Waals surface area contributed by atoms with Crippen molar-refractivity contribution in [2.45, 2.75) is 25.4 Å². The minimum Gasteiger partial charge on any atom is -0.486 e. The molecule has 0 saturated carbocycles. The Hall–Kier alpha value is -3.95. The molecule has 2 aromatic carbocycles. The zero-order valence-electron chi connectivity index (χ0n) is 17.3. The van der Waals surface area contributed by atoms with Gasteiger partial charge < -0.3 is 20.1 Å².